The first kappa shape index (κ1) is 18.3. The zero-order valence-corrected chi connectivity index (χ0v) is 15.8. The summed E-state index contributed by atoms with van der Waals surface area (Å²) in [5.74, 6) is -0.461. The number of benzene rings is 1. The molecule has 0 atom stereocenters. The van der Waals surface area contributed by atoms with Crippen LogP contribution < -0.4 is 11.5 Å². The first-order valence-electron chi connectivity index (χ1n) is 8.75. The maximum atomic E-state index is 12.9. The van der Waals surface area contributed by atoms with E-state index in [0.29, 0.717) is 28.0 Å². The maximum absolute atomic E-state index is 12.9. The number of esters is 1. The SMILES string of the molecule is Cc1nn(C)c2nc(-c3ccccc3)cc(C(=O)OCc3nc(N)nc(N)n3)c12. The average Bonchev–Trinajstić information content (AvgIpc) is 2.99. The summed E-state index contributed by atoms with van der Waals surface area (Å²) in [6.45, 7) is 1.62. The van der Waals surface area contributed by atoms with Gasteiger partial charge in [-0.25, -0.2) is 9.78 Å². The molecule has 0 spiro atoms. The molecule has 4 rings (SSSR count). The van der Waals surface area contributed by atoms with Crippen LogP contribution in [0.15, 0.2) is 36.4 Å². The maximum Gasteiger partial charge on any atom is 0.339 e. The molecule has 3 heterocycles. The lowest BCUT2D eigenvalue weighted by Crippen LogP contribution is -2.12. The monoisotopic (exact) mass is 390 g/mol. The molecule has 0 bridgehead atoms. The van der Waals surface area contributed by atoms with E-state index in [1.54, 1.807) is 17.8 Å². The lowest BCUT2D eigenvalue weighted by atomic mass is 10.1. The summed E-state index contributed by atoms with van der Waals surface area (Å²) in [5, 5.41) is 5.02. The smallest absolute Gasteiger partial charge is 0.339 e. The van der Waals surface area contributed by atoms with Gasteiger partial charge in [0, 0.05) is 12.6 Å². The first-order chi connectivity index (χ1) is 13.9. The predicted octanol–water partition coefficient (Wildman–Crippen LogP) is 1.65. The van der Waals surface area contributed by atoms with Crippen LogP contribution in [0.3, 0.4) is 0 Å². The Kier molecular flexibility index (Phi) is 4.51. The molecule has 4 aromatic rings. The number of carbonyl (C=O) groups excluding carboxylic acids is 1. The van der Waals surface area contributed by atoms with Crippen molar-refractivity contribution in [3.63, 3.8) is 0 Å². The van der Waals surface area contributed by atoms with Crippen LogP contribution >= 0.6 is 0 Å². The average molecular weight is 390 g/mol. The van der Waals surface area contributed by atoms with Crippen LogP contribution in [0, 0.1) is 6.92 Å². The van der Waals surface area contributed by atoms with Gasteiger partial charge in [-0.15, -0.1) is 0 Å². The molecule has 0 aliphatic rings. The summed E-state index contributed by atoms with van der Waals surface area (Å²) in [4.78, 5) is 29.1. The molecule has 29 heavy (non-hydrogen) atoms. The van der Waals surface area contributed by atoms with Gasteiger partial charge in [0.2, 0.25) is 11.9 Å². The number of anilines is 2. The number of hydrogen-bond acceptors (Lipinski definition) is 9. The standard InChI is InChI=1S/C19H18N8O2/c1-10-15-12(17(28)29-9-14-23-18(20)25-19(21)24-14)8-13(11-6-4-3-5-7-11)22-16(15)27(2)26-10/h3-8H,9H2,1-2H3,(H4,20,21,23,24,25). The third-order valence-corrected chi connectivity index (χ3v) is 4.31. The van der Waals surface area contributed by atoms with Gasteiger partial charge in [-0.3, -0.25) is 4.68 Å². The molecule has 0 aliphatic heterocycles. The summed E-state index contributed by atoms with van der Waals surface area (Å²) in [5.41, 5.74) is 14.2. The summed E-state index contributed by atoms with van der Waals surface area (Å²) < 4.78 is 7.06. The van der Waals surface area contributed by atoms with Crippen molar-refractivity contribution < 1.29 is 9.53 Å². The van der Waals surface area contributed by atoms with E-state index in [4.69, 9.17) is 16.2 Å². The lowest BCUT2D eigenvalue weighted by molar-refractivity contribution is 0.0464. The van der Waals surface area contributed by atoms with Gasteiger partial charge < -0.3 is 16.2 Å². The van der Waals surface area contributed by atoms with Crippen molar-refractivity contribution in [1.82, 2.24) is 29.7 Å². The summed E-state index contributed by atoms with van der Waals surface area (Å²) >= 11 is 0. The normalized spacial score (nSPS) is 11.0. The molecule has 146 valence electrons. The Morgan fingerprint density at radius 3 is 2.45 bits per heavy atom. The van der Waals surface area contributed by atoms with Gasteiger partial charge in [0.25, 0.3) is 0 Å². The van der Waals surface area contributed by atoms with E-state index in [9.17, 15) is 4.79 Å². The number of aromatic nitrogens is 6. The van der Waals surface area contributed by atoms with E-state index in [1.807, 2.05) is 37.3 Å². The molecule has 4 N–H and O–H groups in total. The van der Waals surface area contributed by atoms with E-state index in [-0.39, 0.29) is 24.3 Å². The third kappa shape index (κ3) is 3.55. The number of nitrogens with zero attached hydrogens (tertiary/aromatic N) is 6. The van der Waals surface area contributed by atoms with Crippen LogP contribution in [0.25, 0.3) is 22.3 Å². The van der Waals surface area contributed by atoms with Crippen LogP contribution in [0.4, 0.5) is 11.9 Å². The van der Waals surface area contributed by atoms with E-state index in [2.05, 4.69) is 25.0 Å². The molecule has 0 saturated carbocycles. The molecule has 0 amide bonds. The number of pyridine rings is 1. The Balaban J connectivity index is 1.74. The molecular weight excluding hydrogens is 372 g/mol. The second-order valence-electron chi connectivity index (χ2n) is 6.37. The Labute approximate surface area is 165 Å². The van der Waals surface area contributed by atoms with Gasteiger partial charge in [-0.05, 0) is 13.0 Å². The van der Waals surface area contributed by atoms with Crippen molar-refractivity contribution in [3.8, 4) is 11.3 Å². The number of carbonyl (C=O) groups is 1. The van der Waals surface area contributed by atoms with Crippen molar-refractivity contribution >= 4 is 28.9 Å². The fourth-order valence-electron chi connectivity index (χ4n) is 3.09. The first-order valence-corrected chi connectivity index (χ1v) is 8.75. The molecule has 3 aromatic heterocycles. The second-order valence-corrected chi connectivity index (χ2v) is 6.37. The number of rotatable bonds is 4. The van der Waals surface area contributed by atoms with E-state index in [1.165, 1.54) is 0 Å². The highest BCUT2D eigenvalue weighted by Gasteiger charge is 2.20. The number of fused-ring (bicyclic) bond motifs is 1. The van der Waals surface area contributed by atoms with E-state index < -0.39 is 5.97 Å². The highest BCUT2D eigenvalue weighted by Crippen LogP contribution is 2.27. The minimum atomic E-state index is -0.553. The number of nitrogen functional groups attached to an aromatic ring is 2. The van der Waals surface area contributed by atoms with Gasteiger partial charge in [0.1, 0.15) is 0 Å². The molecule has 0 saturated heterocycles. The van der Waals surface area contributed by atoms with E-state index in [0.717, 1.165) is 5.56 Å². The fraction of sp³-hybridized carbons (Fsp3) is 0.158. The van der Waals surface area contributed by atoms with Crippen molar-refractivity contribution in [3.05, 3.63) is 53.5 Å². The van der Waals surface area contributed by atoms with Crippen molar-refractivity contribution in [2.24, 2.45) is 7.05 Å². The lowest BCUT2D eigenvalue weighted by Gasteiger charge is -2.09. The second kappa shape index (κ2) is 7.15. The van der Waals surface area contributed by atoms with Gasteiger partial charge >= 0.3 is 5.97 Å². The highest BCUT2D eigenvalue weighted by molar-refractivity contribution is 6.04. The Morgan fingerprint density at radius 1 is 1.07 bits per heavy atom. The van der Waals surface area contributed by atoms with Gasteiger partial charge in [0.05, 0.1) is 22.3 Å². The fourth-order valence-corrected chi connectivity index (χ4v) is 3.09. The molecular formula is C19H18N8O2. The topological polar surface area (TPSA) is 148 Å². The van der Waals surface area contributed by atoms with Crippen molar-refractivity contribution in [1.29, 1.82) is 0 Å². The quantitative estimate of drug-likeness (QED) is 0.496. The molecule has 0 unspecified atom stereocenters. The Bertz CT molecular complexity index is 1200. The third-order valence-electron chi connectivity index (χ3n) is 4.31. The zero-order chi connectivity index (χ0) is 20.5. The minimum Gasteiger partial charge on any atom is -0.454 e. The van der Waals surface area contributed by atoms with Gasteiger partial charge in [-0.1, -0.05) is 30.3 Å². The molecule has 0 fully saturated rings. The van der Waals surface area contributed by atoms with E-state index >= 15 is 0 Å². The minimum absolute atomic E-state index is 0.0377. The van der Waals surface area contributed by atoms with Crippen LogP contribution in [0.5, 0.6) is 0 Å². The van der Waals surface area contributed by atoms with Crippen LogP contribution in [0.1, 0.15) is 21.9 Å². The van der Waals surface area contributed by atoms with Crippen LogP contribution in [0.2, 0.25) is 0 Å². The molecule has 10 nitrogen and oxygen atoms in total. The van der Waals surface area contributed by atoms with Gasteiger partial charge in [0.15, 0.2) is 18.1 Å². The Hall–Kier alpha value is -4.08. The van der Waals surface area contributed by atoms with Gasteiger partial charge in [-0.2, -0.15) is 20.1 Å². The number of aryl methyl sites for hydroxylation is 2. The number of nitrogens with two attached hydrogens (primary N) is 2. The number of ether oxygens (including phenoxy) is 1. The molecule has 1 aromatic carbocycles. The zero-order valence-electron chi connectivity index (χ0n) is 15.8. The summed E-state index contributed by atoms with van der Waals surface area (Å²) in [6, 6.07) is 11.3. The van der Waals surface area contributed by atoms with Crippen LogP contribution in [-0.4, -0.2) is 35.7 Å². The Morgan fingerprint density at radius 2 is 1.76 bits per heavy atom. The summed E-state index contributed by atoms with van der Waals surface area (Å²) in [6.07, 6.45) is 0. The van der Waals surface area contributed by atoms with Crippen molar-refractivity contribution in [2.75, 3.05) is 11.5 Å². The predicted molar refractivity (Wildman–Crippen MR) is 106 cm³/mol. The number of hydrogen-bond donors (Lipinski definition) is 2. The highest BCUT2D eigenvalue weighted by atomic mass is 16.5. The van der Waals surface area contributed by atoms with Crippen LogP contribution in [-0.2, 0) is 18.4 Å². The molecule has 0 aliphatic carbocycles. The summed E-state index contributed by atoms with van der Waals surface area (Å²) in [7, 11) is 1.78. The largest absolute Gasteiger partial charge is 0.454 e. The van der Waals surface area contributed by atoms with Crippen molar-refractivity contribution in [2.45, 2.75) is 13.5 Å². The molecule has 0 radical (unpaired) electrons. The molecule has 10 heteroatoms.